The number of rotatable bonds is 8. The maximum atomic E-state index is 12.2. The number of H-pyrrole nitrogens is 1. The molecule has 0 radical (unpaired) electrons. The molecule has 0 saturated carbocycles. The molecule has 27 heavy (non-hydrogen) atoms. The lowest BCUT2D eigenvalue weighted by molar-refractivity contribution is -0.122. The van der Waals surface area contributed by atoms with Gasteiger partial charge in [-0.2, -0.15) is 0 Å². The van der Waals surface area contributed by atoms with Gasteiger partial charge < -0.3 is 10.3 Å². The molecule has 1 aliphatic heterocycles. The van der Waals surface area contributed by atoms with Crippen LogP contribution in [0.1, 0.15) is 44.9 Å². The van der Waals surface area contributed by atoms with Crippen molar-refractivity contribution in [3.05, 3.63) is 30.1 Å². The van der Waals surface area contributed by atoms with Crippen LogP contribution in [0.15, 0.2) is 24.3 Å². The van der Waals surface area contributed by atoms with E-state index in [0.717, 1.165) is 29.7 Å². The summed E-state index contributed by atoms with van der Waals surface area (Å²) in [6.07, 6.45) is 3.90. The third-order valence-corrected chi connectivity index (χ3v) is 7.01. The van der Waals surface area contributed by atoms with E-state index in [9.17, 15) is 13.2 Å². The molecule has 148 valence electrons. The number of imidazole rings is 1. The van der Waals surface area contributed by atoms with Crippen LogP contribution in [0.3, 0.4) is 0 Å². The Kier molecular flexibility index (Phi) is 6.49. The molecule has 1 saturated heterocycles. The van der Waals surface area contributed by atoms with Crippen molar-refractivity contribution in [2.24, 2.45) is 0 Å². The fraction of sp³-hybridized carbons (Fsp3) is 0.579. The number of hydrogen-bond donors (Lipinski definition) is 2. The van der Waals surface area contributed by atoms with Crippen molar-refractivity contribution in [3.8, 4) is 0 Å². The van der Waals surface area contributed by atoms with Crippen LogP contribution in [0.4, 0.5) is 0 Å². The van der Waals surface area contributed by atoms with Crippen molar-refractivity contribution >= 4 is 27.0 Å². The van der Waals surface area contributed by atoms with Crippen molar-refractivity contribution in [2.75, 3.05) is 18.8 Å². The fourth-order valence-electron chi connectivity index (χ4n) is 3.51. The zero-order chi connectivity index (χ0) is 19.3. The number of carbonyl (C=O) groups is 1. The quantitative estimate of drug-likeness (QED) is 0.720. The summed E-state index contributed by atoms with van der Waals surface area (Å²) < 4.78 is 25.7. The molecule has 0 bridgehead atoms. The fourth-order valence-corrected chi connectivity index (χ4v) is 5.05. The Morgan fingerprint density at radius 2 is 2.04 bits per heavy atom. The van der Waals surface area contributed by atoms with E-state index >= 15 is 0 Å². The molecule has 2 N–H and O–H groups in total. The SMILES string of the molecule is CCCS(=O)(=O)N1CCC(NC(=O)CCCc2nc3ccccc3[nH]2)CC1. The summed E-state index contributed by atoms with van der Waals surface area (Å²) in [4.78, 5) is 20.0. The molecule has 7 nitrogen and oxygen atoms in total. The van der Waals surface area contributed by atoms with Crippen LogP contribution >= 0.6 is 0 Å². The molecule has 8 heteroatoms. The van der Waals surface area contributed by atoms with Gasteiger partial charge >= 0.3 is 0 Å². The Hall–Kier alpha value is -1.93. The van der Waals surface area contributed by atoms with E-state index in [-0.39, 0.29) is 17.7 Å². The van der Waals surface area contributed by atoms with Crippen molar-refractivity contribution in [1.82, 2.24) is 19.6 Å². The van der Waals surface area contributed by atoms with E-state index < -0.39 is 10.0 Å². The Bertz CT molecular complexity index is 837. The number of aryl methyl sites for hydroxylation is 1. The smallest absolute Gasteiger partial charge is 0.220 e. The van der Waals surface area contributed by atoms with Gasteiger partial charge in [-0.1, -0.05) is 19.1 Å². The summed E-state index contributed by atoms with van der Waals surface area (Å²) in [5.74, 6) is 1.13. The normalized spacial score (nSPS) is 16.6. The van der Waals surface area contributed by atoms with Gasteiger partial charge in [0.15, 0.2) is 0 Å². The third kappa shape index (κ3) is 5.29. The highest BCUT2D eigenvalue weighted by molar-refractivity contribution is 7.89. The second-order valence-corrected chi connectivity index (χ2v) is 9.20. The molecule has 0 spiro atoms. The van der Waals surface area contributed by atoms with E-state index in [1.807, 2.05) is 31.2 Å². The standard InChI is InChI=1S/C19H28N4O3S/c1-2-14-27(25,26)23-12-10-15(11-13-23)20-19(24)9-5-8-18-21-16-6-3-4-7-17(16)22-18/h3-4,6-7,15H,2,5,8-14H2,1H3,(H,20,24)(H,21,22). The minimum absolute atomic E-state index is 0.0287. The number of para-hydroxylation sites is 2. The van der Waals surface area contributed by atoms with E-state index in [2.05, 4.69) is 15.3 Å². The molecule has 2 aromatic rings. The number of benzene rings is 1. The van der Waals surface area contributed by atoms with E-state index in [4.69, 9.17) is 0 Å². The number of amides is 1. The summed E-state index contributed by atoms with van der Waals surface area (Å²) in [6, 6.07) is 7.95. The molecule has 1 aromatic carbocycles. The molecule has 1 aromatic heterocycles. The lowest BCUT2D eigenvalue weighted by Gasteiger charge is -2.31. The van der Waals surface area contributed by atoms with Crippen molar-refractivity contribution in [3.63, 3.8) is 0 Å². The molecular formula is C19H28N4O3S. The first-order chi connectivity index (χ1) is 13.0. The highest BCUT2D eigenvalue weighted by Gasteiger charge is 2.27. The van der Waals surface area contributed by atoms with Gasteiger partial charge in [-0.15, -0.1) is 0 Å². The molecule has 0 aliphatic carbocycles. The number of sulfonamides is 1. The zero-order valence-corrected chi connectivity index (χ0v) is 16.6. The maximum Gasteiger partial charge on any atom is 0.220 e. The predicted molar refractivity (Wildman–Crippen MR) is 106 cm³/mol. The average molecular weight is 393 g/mol. The zero-order valence-electron chi connectivity index (χ0n) is 15.8. The summed E-state index contributed by atoms with van der Waals surface area (Å²) in [6.45, 7) is 2.86. The molecule has 3 rings (SSSR count). The summed E-state index contributed by atoms with van der Waals surface area (Å²) in [7, 11) is -3.13. The first-order valence-corrected chi connectivity index (χ1v) is 11.3. The molecule has 0 atom stereocenters. The summed E-state index contributed by atoms with van der Waals surface area (Å²) in [5, 5.41) is 3.04. The first kappa shape index (κ1) is 19.8. The number of aromatic nitrogens is 2. The van der Waals surface area contributed by atoms with Gasteiger partial charge in [0.25, 0.3) is 0 Å². The van der Waals surface area contributed by atoms with Crippen LogP contribution in [0, 0.1) is 0 Å². The van der Waals surface area contributed by atoms with Crippen LogP contribution in [0.25, 0.3) is 11.0 Å². The molecule has 1 amide bonds. The van der Waals surface area contributed by atoms with Gasteiger partial charge in [-0.3, -0.25) is 4.79 Å². The number of fused-ring (bicyclic) bond motifs is 1. The number of hydrogen-bond acceptors (Lipinski definition) is 4. The van der Waals surface area contributed by atoms with E-state index in [1.165, 1.54) is 0 Å². The lowest BCUT2D eigenvalue weighted by atomic mass is 10.1. The molecule has 2 heterocycles. The van der Waals surface area contributed by atoms with Crippen LogP contribution in [-0.4, -0.2) is 53.5 Å². The van der Waals surface area contributed by atoms with Crippen molar-refractivity contribution in [2.45, 2.75) is 51.5 Å². The van der Waals surface area contributed by atoms with Crippen LogP contribution in [0.2, 0.25) is 0 Å². The second-order valence-electron chi connectivity index (χ2n) is 7.11. The highest BCUT2D eigenvalue weighted by Crippen LogP contribution is 2.16. The van der Waals surface area contributed by atoms with Crippen molar-refractivity contribution in [1.29, 1.82) is 0 Å². The Labute approximate surface area is 160 Å². The predicted octanol–water partition coefficient (Wildman–Crippen LogP) is 2.21. The molecule has 0 unspecified atom stereocenters. The lowest BCUT2D eigenvalue weighted by Crippen LogP contribution is -2.47. The number of aromatic amines is 1. The third-order valence-electron chi connectivity index (χ3n) is 4.93. The molecule has 1 fully saturated rings. The van der Waals surface area contributed by atoms with Crippen LogP contribution < -0.4 is 5.32 Å². The largest absolute Gasteiger partial charge is 0.353 e. The molecule has 1 aliphatic rings. The van der Waals surface area contributed by atoms with Gasteiger partial charge in [0.2, 0.25) is 15.9 Å². The van der Waals surface area contributed by atoms with Gasteiger partial charge in [-0.25, -0.2) is 17.7 Å². The van der Waals surface area contributed by atoms with Gasteiger partial charge in [0.1, 0.15) is 5.82 Å². The Morgan fingerprint density at radius 1 is 1.30 bits per heavy atom. The average Bonchev–Trinajstić information content (AvgIpc) is 3.05. The maximum absolute atomic E-state index is 12.2. The van der Waals surface area contributed by atoms with E-state index in [1.54, 1.807) is 4.31 Å². The number of carbonyl (C=O) groups excluding carboxylic acids is 1. The minimum Gasteiger partial charge on any atom is -0.353 e. The first-order valence-electron chi connectivity index (χ1n) is 9.69. The number of piperidine rings is 1. The summed E-state index contributed by atoms with van der Waals surface area (Å²) >= 11 is 0. The van der Waals surface area contributed by atoms with Gasteiger partial charge in [-0.05, 0) is 37.8 Å². The topological polar surface area (TPSA) is 95.2 Å². The number of nitrogens with one attached hydrogen (secondary N) is 2. The second kappa shape index (κ2) is 8.84. The Morgan fingerprint density at radius 3 is 2.74 bits per heavy atom. The Balaban J connectivity index is 1.38. The monoisotopic (exact) mass is 392 g/mol. The van der Waals surface area contributed by atoms with Gasteiger partial charge in [0.05, 0.1) is 16.8 Å². The highest BCUT2D eigenvalue weighted by atomic mass is 32.2. The van der Waals surface area contributed by atoms with Gasteiger partial charge in [0, 0.05) is 32.0 Å². The minimum atomic E-state index is -3.13. The molecular weight excluding hydrogens is 364 g/mol. The number of nitrogens with zero attached hydrogens (tertiary/aromatic N) is 2. The van der Waals surface area contributed by atoms with Crippen LogP contribution in [0.5, 0.6) is 0 Å². The summed E-state index contributed by atoms with van der Waals surface area (Å²) in [5.41, 5.74) is 1.96. The van der Waals surface area contributed by atoms with Crippen molar-refractivity contribution < 1.29 is 13.2 Å². The van der Waals surface area contributed by atoms with E-state index in [0.29, 0.717) is 38.8 Å². The van der Waals surface area contributed by atoms with Crippen LogP contribution in [-0.2, 0) is 21.2 Å².